The largest absolute Gasteiger partial charge is 0.467 e. The molecule has 4 heterocycles. The van der Waals surface area contributed by atoms with Crippen molar-refractivity contribution in [3.63, 3.8) is 0 Å². The molecule has 0 unspecified atom stereocenters. The third-order valence-electron chi connectivity index (χ3n) is 7.67. The summed E-state index contributed by atoms with van der Waals surface area (Å²) in [6.45, 7) is 5.36. The second-order valence-electron chi connectivity index (χ2n) is 10.1. The van der Waals surface area contributed by atoms with Crippen LogP contribution in [0.1, 0.15) is 46.9 Å². The lowest BCUT2D eigenvalue weighted by Crippen LogP contribution is -2.33. The molecule has 1 aliphatic rings. The molecule has 2 aromatic carbocycles. The number of nitrogens with zero attached hydrogens (tertiary/aromatic N) is 3. The lowest BCUT2D eigenvalue weighted by molar-refractivity contribution is -0.116. The van der Waals surface area contributed by atoms with Crippen molar-refractivity contribution in [3.05, 3.63) is 120 Å². The molecule has 5 aromatic rings. The number of nitrogens with one attached hydrogen (secondary N) is 2. The number of hydrogen-bond acceptors (Lipinski definition) is 4. The summed E-state index contributed by atoms with van der Waals surface area (Å²) in [6.07, 6.45) is 3.80. The van der Waals surface area contributed by atoms with Gasteiger partial charge in [0.15, 0.2) is 5.11 Å². The molecule has 0 spiro atoms. The van der Waals surface area contributed by atoms with Crippen molar-refractivity contribution in [3.8, 4) is 0 Å². The van der Waals surface area contributed by atoms with E-state index in [4.69, 9.17) is 16.6 Å². The molecule has 1 amide bonds. The van der Waals surface area contributed by atoms with Gasteiger partial charge in [-0.2, -0.15) is 0 Å². The Hall–Kier alpha value is -4.43. The smallest absolute Gasteiger partial charge is 0.226 e. The van der Waals surface area contributed by atoms with Crippen LogP contribution in [0.25, 0.3) is 10.8 Å². The van der Waals surface area contributed by atoms with Gasteiger partial charge in [0.2, 0.25) is 5.91 Å². The predicted octanol–water partition coefficient (Wildman–Crippen LogP) is 6.30. The van der Waals surface area contributed by atoms with Crippen molar-refractivity contribution in [1.29, 1.82) is 0 Å². The zero-order valence-corrected chi connectivity index (χ0v) is 23.3. The second kappa shape index (κ2) is 11.0. The number of pyridine rings is 1. The summed E-state index contributed by atoms with van der Waals surface area (Å²) < 4.78 is 7.89. The summed E-state index contributed by atoms with van der Waals surface area (Å²) >= 11 is 5.85. The Kier molecular flexibility index (Phi) is 7.09. The Morgan fingerprint density at radius 1 is 1.05 bits per heavy atom. The maximum Gasteiger partial charge on any atom is 0.226 e. The minimum atomic E-state index is -0.146. The van der Waals surface area contributed by atoms with Crippen LogP contribution >= 0.6 is 12.2 Å². The van der Waals surface area contributed by atoms with Crippen molar-refractivity contribution in [1.82, 2.24) is 19.8 Å². The average molecular weight is 550 g/mol. The fourth-order valence-corrected chi connectivity index (χ4v) is 6.01. The highest BCUT2D eigenvalue weighted by Gasteiger charge is 2.41. The average Bonchev–Trinajstić information content (AvgIpc) is 3.67. The molecule has 1 fully saturated rings. The van der Waals surface area contributed by atoms with E-state index in [1.807, 2.05) is 72.8 Å². The number of fused-ring (bicyclic) bond motifs is 1. The zero-order chi connectivity index (χ0) is 27.6. The number of anilines is 1. The minimum Gasteiger partial charge on any atom is -0.467 e. The Morgan fingerprint density at radius 2 is 1.88 bits per heavy atom. The Labute approximate surface area is 238 Å². The molecule has 0 aliphatic carbocycles. The van der Waals surface area contributed by atoms with E-state index in [9.17, 15) is 4.79 Å². The number of hydrogen-bond donors (Lipinski definition) is 2. The molecule has 0 bridgehead atoms. The van der Waals surface area contributed by atoms with Crippen LogP contribution in [-0.4, -0.2) is 32.0 Å². The molecule has 1 saturated heterocycles. The molecule has 202 valence electrons. The lowest BCUT2D eigenvalue weighted by Gasteiger charge is -2.28. The van der Waals surface area contributed by atoms with Gasteiger partial charge in [-0.1, -0.05) is 42.5 Å². The summed E-state index contributed by atoms with van der Waals surface area (Å²) in [4.78, 5) is 20.0. The Balaban J connectivity index is 1.28. The van der Waals surface area contributed by atoms with E-state index in [0.29, 0.717) is 24.6 Å². The van der Waals surface area contributed by atoms with Crippen LogP contribution in [-0.2, 0) is 11.3 Å². The number of benzene rings is 2. The summed E-state index contributed by atoms with van der Waals surface area (Å²) in [5.74, 6) is 0.846. The summed E-state index contributed by atoms with van der Waals surface area (Å²) in [6, 6.07) is 25.8. The first-order valence-corrected chi connectivity index (χ1v) is 13.8. The van der Waals surface area contributed by atoms with E-state index in [1.54, 1.807) is 12.5 Å². The number of carbonyl (C=O) groups excluding carboxylic acids is 1. The topological polar surface area (TPSA) is 75.3 Å². The maximum atomic E-state index is 13.2. The van der Waals surface area contributed by atoms with Gasteiger partial charge in [-0.15, -0.1) is 0 Å². The van der Waals surface area contributed by atoms with E-state index in [1.165, 1.54) is 0 Å². The highest BCUT2D eigenvalue weighted by Crippen LogP contribution is 2.41. The van der Waals surface area contributed by atoms with E-state index in [0.717, 1.165) is 44.9 Å². The summed E-state index contributed by atoms with van der Waals surface area (Å²) in [7, 11) is 0. The van der Waals surface area contributed by atoms with Gasteiger partial charge in [0, 0.05) is 41.6 Å². The summed E-state index contributed by atoms with van der Waals surface area (Å²) in [5.41, 5.74) is 5.15. The number of thiocarbonyl (C=S) groups is 1. The van der Waals surface area contributed by atoms with Crippen LogP contribution in [0.4, 0.5) is 5.69 Å². The molecule has 3 aromatic heterocycles. The molecule has 2 N–H and O–H groups in total. The fraction of sp³-hybridized carbons (Fsp3) is 0.219. The number of rotatable bonds is 8. The van der Waals surface area contributed by atoms with Crippen LogP contribution in [0.2, 0.25) is 0 Å². The zero-order valence-electron chi connectivity index (χ0n) is 22.5. The van der Waals surface area contributed by atoms with Gasteiger partial charge in [0.25, 0.3) is 0 Å². The Bertz CT molecular complexity index is 1660. The van der Waals surface area contributed by atoms with Gasteiger partial charge in [0.1, 0.15) is 5.76 Å². The first-order chi connectivity index (χ1) is 19.5. The maximum absolute atomic E-state index is 13.2. The molecular formula is C32H31N5O2S. The molecule has 0 saturated carbocycles. The molecule has 2 atom stereocenters. The van der Waals surface area contributed by atoms with Crippen LogP contribution in [0.5, 0.6) is 0 Å². The Morgan fingerprint density at radius 3 is 2.67 bits per heavy atom. The van der Waals surface area contributed by atoms with Crippen LogP contribution < -0.4 is 10.6 Å². The number of aromatic nitrogens is 2. The fourth-order valence-electron chi connectivity index (χ4n) is 5.68. The lowest BCUT2D eigenvalue weighted by atomic mass is 9.96. The number of carbonyl (C=O) groups is 1. The van der Waals surface area contributed by atoms with E-state index in [2.05, 4.69) is 45.0 Å². The third kappa shape index (κ3) is 4.98. The third-order valence-corrected chi connectivity index (χ3v) is 8.02. The summed E-state index contributed by atoms with van der Waals surface area (Å²) in [5, 5.41) is 9.35. The molecule has 7 nitrogen and oxygen atoms in total. The molecule has 1 aliphatic heterocycles. The van der Waals surface area contributed by atoms with Crippen LogP contribution in [0.15, 0.2) is 95.7 Å². The molecular weight excluding hydrogens is 518 g/mol. The van der Waals surface area contributed by atoms with Crippen molar-refractivity contribution >= 4 is 39.7 Å². The van der Waals surface area contributed by atoms with Crippen LogP contribution in [0.3, 0.4) is 0 Å². The number of furan rings is 1. The van der Waals surface area contributed by atoms with Gasteiger partial charge in [-0.25, -0.2) is 0 Å². The highest BCUT2D eigenvalue weighted by atomic mass is 32.1. The minimum absolute atomic E-state index is 0.0533. The highest BCUT2D eigenvalue weighted by molar-refractivity contribution is 7.80. The molecule has 6 rings (SSSR count). The second-order valence-corrected chi connectivity index (χ2v) is 10.5. The predicted molar refractivity (Wildman–Crippen MR) is 161 cm³/mol. The first kappa shape index (κ1) is 25.8. The van der Waals surface area contributed by atoms with E-state index >= 15 is 0 Å². The molecule has 0 radical (unpaired) electrons. The van der Waals surface area contributed by atoms with Crippen LogP contribution in [0, 0.1) is 13.8 Å². The normalized spacial score (nSPS) is 16.9. The van der Waals surface area contributed by atoms with Gasteiger partial charge in [-0.3, -0.25) is 9.78 Å². The van der Waals surface area contributed by atoms with Crippen molar-refractivity contribution in [2.75, 3.05) is 11.9 Å². The van der Waals surface area contributed by atoms with Gasteiger partial charge in [-0.05, 0) is 73.4 Å². The van der Waals surface area contributed by atoms with Crippen molar-refractivity contribution in [2.45, 2.75) is 38.9 Å². The van der Waals surface area contributed by atoms with Gasteiger partial charge >= 0.3 is 0 Å². The standard InChI is InChI=1S/C32H31N5O2S/c1-21-19-26(22(2)37(21)20-24-11-8-18-39-24)31-30(28-13-5-6-16-33-28)35-32(40)36(31)17-15-29(38)34-27-14-7-10-23-9-3-4-12-25(23)27/h3-14,16,18-19,30-31H,15,17,20H2,1-2H3,(H,34,38)(H,35,40)/t30-,31-/m1/s1. The van der Waals surface area contributed by atoms with Gasteiger partial charge in [0.05, 0.1) is 30.6 Å². The SMILES string of the molecule is Cc1cc([C@@H]2[C@@H](c3ccccn3)NC(=S)N2CCC(=O)Nc2cccc3ccccc23)c(C)n1Cc1ccco1. The van der Waals surface area contributed by atoms with Gasteiger partial charge < -0.3 is 24.5 Å². The number of amides is 1. The monoisotopic (exact) mass is 549 g/mol. The molecule has 40 heavy (non-hydrogen) atoms. The first-order valence-electron chi connectivity index (χ1n) is 13.4. The number of aryl methyl sites for hydroxylation is 1. The van der Waals surface area contributed by atoms with Crippen molar-refractivity contribution < 1.29 is 9.21 Å². The quantitative estimate of drug-likeness (QED) is 0.222. The van der Waals surface area contributed by atoms with E-state index < -0.39 is 0 Å². The van der Waals surface area contributed by atoms with E-state index in [-0.39, 0.29) is 18.0 Å². The van der Waals surface area contributed by atoms with Crippen molar-refractivity contribution in [2.24, 2.45) is 0 Å². The molecule has 8 heteroatoms.